The van der Waals surface area contributed by atoms with Crippen LogP contribution in [-0.2, 0) is 6.42 Å². The van der Waals surface area contributed by atoms with E-state index in [9.17, 15) is 0 Å². The lowest BCUT2D eigenvalue weighted by atomic mass is 9.96. The molecule has 2 rings (SSSR count). The summed E-state index contributed by atoms with van der Waals surface area (Å²) in [5.74, 6) is 0. The molecule has 18 heavy (non-hydrogen) atoms. The number of hydrogen-bond acceptors (Lipinski definition) is 2. The molecule has 0 aliphatic carbocycles. The molecule has 96 valence electrons. The average Bonchev–Trinajstić information content (AvgIpc) is 2.85. The van der Waals surface area contributed by atoms with Crippen molar-refractivity contribution in [1.82, 2.24) is 5.32 Å². The normalized spacial score (nSPS) is 12.6. The van der Waals surface area contributed by atoms with Crippen LogP contribution in [0.25, 0.3) is 0 Å². The van der Waals surface area contributed by atoms with Crippen molar-refractivity contribution in [3.63, 3.8) is 0 Å². The minimum Gasteiger partial charge on any atom is -0.310 e. The van der Waals surface area contributed by atoms with E-state index in [0.717, 1.165) is 13.0 Å². The first-order valence-electron chi connectivity index (χ1n) is 6.21. The monoisotopic (exact) mass is 323 g/mol. The summed E-state index contributed by atoms with van der Waals surface area (Å²) >= 11 is 5.38. The Morgan fingerprint density at radius 3 is 2.83 bits per heavy atom. The van der Waals surface area contributed by atoms with Crippen LogP contribution >= 0.6 is 27.3 Å². The molecule has 0 spiro atoms. The summed E-state index contributed by atoms with van der Waals surface area (Å²) in [4.78, 5) is 0. The molecular formula is C15H18BrNS. The van der Waals surface area contributed by atoms with Gasteiger partial charge in [0.05, 0.1) is 0 Å². The Morgan fingerprint density at radius 2 is 2.17 bits per heavy atom. The van der Waals surface area contributed by atoms with E-state index in [1.165, 1.54) is 21.2 Å². The van der Waals surface area contributed by atoms with Gasteiger partial charge in [0.25, 0.3) is 0 Å². The molecule has 1 atom stereocenters. The van der Waals surface area contributed by atoms with Gasteiger partial charge in [-0.3, -0.25) is 0 Å². The summed E-state index contributed by atoms with van der Waals surface area (Å²) < 4.78 is 1.19. The van der Waals surface area contributed by atoms with Crippen molar-refractivity contribution in [3.8, 4) is 0 Å². The second-order valence-electron chi connectivity index (χ2n) is 4.40. The highest BCUT2D eigenvalue weighted by Crippen LogP contribution is 2.27. The third-order valence-corrected chi connectivity index (χ3v) is 4.75. The van der Waals surface area contributed by atoms with Crippen molar-refractivity contribution in [2.24, 2.45) is 0 Å². The molecule has 0 fully saturated rings. The summed E-state index contributed by atoms with van der Waals surface area (Å²) in [6.45, 7) is 5.33. The standard InChI is InChI=1S/C15H18BrNS/c1-3-17-15(9-12-7-8-18-10-12)13-5-4-6-14(16)11(13)2/h4-8,10,15,17H,3,9H2,1-2H3. The van der Waals surface area contributed by atoms with E-state index in [1.54, 1.807) is 11.3 Å². The van der Waals surface area contributed by atoms with Gasteiger partial charge in [0.1, 0.15) is 0 Å². The van der Waals surface area contributed by atoms with Crippen LogP contribution in [-0.4, -0.2) is 6.54 Å². The first-order chi connectivity index (χ1) is 8.72. The molecule has 0 aliphatic rings. The van der Waals surface area contributed by atoms with Crippen molar-refractivity contribution in [2.45, 2.75) is 26.3 Å². The number of likely N-dealkylation sites (N-methyl/N-ethyl adjacent to an activating group) is 1. The van der Waals surface area contributed by atoms with Crippen molar-refractivity contribution in [3.05, 3.63) is 56.2 Å². The Balaban J connectivity index is 2.26. The Labute approximate surface area is 121 Å². The second-order valence-corrected chi connectivity index (χ2v) is 6.03. The van der Waals surface area contributed by atoms with E-state index >= 15 is 0 Å². The number of rotatable bonds is 5. The highest BCUT2D eigenvalue weighted by atomic mass is 79.9. The Morgan fingerprint density at radius 1 is 1.33 bits per heavy atom. The van der Waals surface area contributed by atoms with Crippen LogP contribution in [0.5, 0.6) is 0 Å². The highest BCUT2D eigenvalue weighted by molar-refractivity contribution is 9.10. The fourth-order valence-electron chi connectivity index (χ4n) is 2.18. The molecule has 1 aromatic carbocycles. The molecule has 3 heteroatoms. The maximum Gasteiger partial charge on any atom is 0.0364 e. The molecule has 0 bridgehead atoms. The van der Waals surface area contributed by atoms with E-state index in [-0.39, 0.29) is 0 Å². The lowest BCUT2D eigenvalue weighted by Crippen LogP contribution is -2.23. The summed E-state index contributed by atoms with van der Waals surface area (Å²) in [6, 6.07) is 9.04. The molecule has 1 nitrogen and oxygen atoms in total. The zero-order chi connectivity index (χ0) is 13.0. The molecule has 1 N–H and O–H groups in total. The van der Waals surface area contributed by atoms with Crippen LogP contribution in [0, 0.1) is 6.92 Å². The molecule has 2 aromatic rings. The molecule has 0 saturated carbocycles. The summed E-state index contributed by atoms with van der Waals surface area (Å²) in [5.41, 5.74) is 4.13. The predicted octanol–water partition coefficient (Wildman–Crippen LogP) is 4.71. The van der Waals surface area contributed by atoms with Gasteiger partial charge in [0, 0.05) is 10.5 Å². The van der Waals surface area contributed by atoms with Crippen molar-refractivity contribution in [1.29, 1.82) is 0 Å². The quantitative estimate of drug-likeness (QED) is 0.840. The van der Waals surface area contributed by atoms with E-state index < -0.39 is 0 Å². The summed E-state index contributed by atoms with van der Waals surface area (Å²) in [7, 11) is 0. The molecule has 1 aromatic heterocycles. The number of thiophene rings is 1. The second kappa shape index (κ2) is 6.50. The van der Waals surface area contributed by atoms with Crippen LogP contribution in [0.4, 0.5) is 0 Å². The number of hydrogen-bond donors (Lipinski definition) is 1. The third-order valence-electron chi connectivity index (χ3n) is 3.16. The van der Waals surface area contributed by atoms with Crippen LogP contribution < -0.4 is 5.32 Å². The van der Waals surface area contributed by atoms with Gasteiger partial charge in [-0.25, -0.2) is 0 Å². The van der Waals surface area contributed by atoms with Crippen molar-refractivity contribution >= 4 is 27.3 Å². The Hall–Kier alpha value is -0.640. The van der Waals surface area contributed by atoms with Crippen LogP contribution in [0.1, 0.15) is 29.7 Å². The largest absolute Gasteiger partial charge is 0.310 e. The molecule has 0 radical (unpaired) electrons. The van der Waals surface area contributed by atoms with Gasteiger partial charge < -0.3 is 5.32 Å². The van der Waals surface area contributed by atoms with Gasteiger partial charge in [-0.1, -0.05) is 35.0 Å². The fraction of sp³-hybridized carbons (Fsp3) is 0.333. The minimum atomic E-state index is 0.391. The lowest BCUT2D eigenvalue weighted by molar-refractivity contribution is 0.548. The maximum absolute atomic E-state index is 3.62. The van der Waals surface area contributed by atoms with Gasteiger partial charge in [0.15, 0.2) is 0 Å². The molecule has 1 heterocycles. The first kappa shape index (κ1) is 13.8. The third kappa shape index (κ3) is 3.22. The first-order valence-corrected chi connectivity index (χ1v) is 7.95. The van der Waals surface area contributed by atoms with Gasteiger partial charge >= 0.3 is 0 Å². The van der Waals surface area contributed by atoms with Gasteiger partial charge in [-0.2, -0.15) is 11.3 Å². The van der Waals surface area contributed by atoms with E-state index in [1.807, 2.05) is 0 Å². The SMILES string of the molecule is CCNC(Cc1ccsc1)c1cccc(Br)c1C. The van der Waals surface area contributed by atoms with E-state index in [2.05, 4.69) is 70.1 Å². The maximum atomic E-state index is 3.62. The topological polar surface area (TPSA) is 12.0 Å². The molecule has 0 amide bonds. The van der Waals surface area contributed by atoms with Gasteiger partial charge in [0.2, 0.25) is 0 Å². The van der Waals surface area contributed by atoms with Gasteiger partial charge in [-0.05, 0) is 59.5 Å². The summed E-state index contributed by atoms with van der Waals surface area (Å²) in [5, 5.41) is 7.97. The minimum absolute atomic E-state index is 0.391. The number of benzene rings is 1. The molecule has 0 saturated heterocycles. The fourth-order valence-corrected chi connectivity index (χ4v) is 3.25. The number of halogens is 1. The average molecular weight is 324 g/mol. The van der Waals surface area contributed by atoms with Crippen molar-refractivity contribution < 1.29 is 0 Å². The zero-order valence-electron chi connectivity index (χ0n) is 10.7. The molecule has 1 unspecified atom stereocenters. The van der Waals surface area contributed by atoms with E-state index in [0.29, 0.717) is 6.04 Å². The lowest BCUT2D eigenvalue weighted by Gasteiger charge is -2.20. The van der Waals surface area contributed by atoms with Crippen LogP contribution in [0.2, 0.25) is 0 Å². The Bertz CT molecular complexity index is 493. The Kier molecular flexibility index (Phi) is 4.98. The van der Waals surface area contributed by atoms with Gasteiger partial charge in [-0.15, -0.1) is 0 Å². The van der Waals surface area contributed by atoms with Crippen LogP contribution in [0.15, 0.2) is 39.5 Å². The zero-order valence-corrected chi connectivity index (χ0v) is 13.1. The molecular weight excluding hydrogens is 306 g/mol. The van der Waals surface area contributed by atoms with Crippen LogP contribution in [0.3, 0.4) is 0 Å². The number of nitrogens with one attached hydrogen (secondary N) is 1. The molecule has 0 aliphatic heterocycles. The highest BCUT2D eigenvalue weighted by Gasteiger charge is 2.14. The summed E-state index contributed by atoms with van der Waals surface area (Å²) in [6.07, 6.45) is 1.05. The van der Waals surface area contributed by atoms with Crippen molar-refractivity contribution in [2.75, 3.05) is 6.54 Å². The predicted molar refractivity (Wildman–Crippen MR) is 83.3 cm³/mol. The smallest absolute Gasteiger partial charge is 0.0364 e. The van der Waals surface area contributed by atoms with E-state index in [4.69, 9.17) is 0 Å².